The molecule has 0 radical (unpaired) electrons. The van der Waals surface area contributed by atoms with Crippen LogP contribution >= 0.6 is 11.8 Å². The summed E-state index contributed by atoms with van der Waals surface area (Å²) < 4.78 is 20.9. The molecule has 2 aromatic carbocycles. The van der Waals surface area contributed by atoms with Gasteiger partial charge in [-0.05, 0) is 49.7 Å². The molecular weight excluding hydrogens is 401 g/mol. The maximum Gasteiger partial charge on any atom is 0.238 e. The van der Waals surface area contributed by atoms with Crippen LogP contribution in [0.4, 0.5) is 10.2 Å². The van der Waals surface area contributed by atoms with Gasteiger partial charge in [-0.1, -0.05) is 24.1 Å². The number of carbonyl (C=O) groups excluding carboxylic acids is 1. The Morgan fingerprint density at radius 3 is 2.77 bits per heavy atom. The molecule has 30 heavy (non-hydrogen) atoms. The summed E-state index contributed by atoms with van der Waals surface area (Å²) in [4.78, 5) is 12.7. The van der Waals surface area contributed by atoms with Crippen LogP contribution in [0, 0.1) is 25.1 Å². The van der Waals surface area contributed by atoms with Crippen molar-refractivity contribution in [3.63, 3.8) is 0 Å². The highest BCUT2D eigenvalue weighted by molar-refractivity contribution is 8.01. The predicted octanol–water partition coefficient (Wildman–Crippen LogP) is 4.50. The average Bonchev–Trinajstić information content (AvgIpc) is 2.99. The second-order valence-corrected chi connectivity index (χ2v) is 8.40. The first-order chi connectivity index (χ1) is 14.5. The zero-order chi connectivity index (χ0) is 21.3. The van der Waals surface area contributed by atoms with E-state index in [4.69, 9.17) is 11.2 Å². The highest BCUT2D eigenvalue weighted by atomic mass is 32.2. The number of halogens is 1. The van der Waals surface area contributed by atoms with Crippen LogP contribution in [0.5, 0.6) is 5.75 Å². The van der Waals surface area contributed by atoms with Crippen LogP contribution in [0.1, 0.15) is 29.0 Å². The summed E-state index contributed by atoms with van der Waals surface area (Å²) in [6.07, 6.45) is 5.25. The standard InChI is InChI=1S/C23H20FN3O2S/c1-4-12-29-19-10-8-16(9-11-19)21-20-14(2)26-27(18-7-5-6-17(24)13-18)22(20)25-23(28)15(3)30-21/h1,5-11,13,15,21H,12H2,2-3H3,(H,25,28). The Hall–Kier alpha value is -3.24. The van der Waals surface area contributed by atoms with Gasteiger partial charge in [-0.3, -0.25) is 4.79 Å². The molecule has 1 N–H and O–H groups in total. The molecule has 0 saturated carbocycles. The van der Waals surface area contributed by atoms with Gasteiger partial charge in [0.2, 0.25) is 5.91 Å². The van der Waals surface area contributed by atoms with Crippen LogP contribution in [0.25, 0.3) is 5.69 Å². The van der Waals surface area contributed by atoms with Gasteiger partial charge in [-0.25, -0.2) is 9.07 Å². The van der Waals surface area contributed by atoms with Crippen molar-refractivity contribution >= 4 is 23.5 Å². The largest absolute Gasteiger partial charge is 0.481 e. The van der Waals surface area contributed by atoms with Crippen molar-refractivity contribution in [1.82, 2.24) is 9.78 Å². The molecule has 0 aliphatic carbocycles. The fourth-order valence-corrected chi connectivity index (χ4v) is 4.75. The van der Waals surface area contributed by atoms with Crippen molar-refractivity contribution in [1.29, 1.82) is 0 Å². The SMILES string of the molecule is C#CCOc1ccc(C2SC(C)C(=O)Nc3c2c(C)nn3-c2cccc(F)c2)cc1. The number of hydrogen-bond acceptors (Lipinski definition) is 4. The third-order valence-corrected chi connectivity index (χ3v) is 6.28. The topological polar surface area (TPSA) is 56.1 Å². The predicted molar refractivity (Wildman–Crippen MR) is 117 cm³/mol. The lowest BCUT2D eigenvalue weighted by molar-refractivity contribution is -0.115. The summed E-state index contributed by atoms with van der Waals surface area (Å²) in [6, 6.07) is 13.8. The lowest BCUT2D eigenvalue weighted by Gasteiger charge is -2.18. The van der Waals surface area contributed by atoms with Crippen molar-refractivity contribution in [2.75, 3.05) is 11.9 Å². The fraction of sp³-hybridized carbons (Fsp3) is 0.217. The number of carbonyl (C=O) groups is 1. The quantitative estimate of drug-likeness (QED) is 0.631. The third kappa shape index (κ3) is 3.79. The number of anilines is 1. The minimum absolute atomic E-state index is 0.115. The van der Waals surface area contributed by atoms with Crippen LogP contribution in [0.2, 0.25) is 0 Å². The molecule has 0 fully saturated rings. The molecule has 2 atom stereocenters. The van der Waals surface area contributed by atoms with E-state index in [1.54, 1.807) is 28.6 Å². The smallest absolute Gasteiger partial charge is 0.238 e. The Balaban J connectivity index is 1.81. The zero-order valence-electron chi connectivity index (χ0n) is 16.6. The van der Waals surface area contributed by atoms with E-state index in [0.29, 0.717) is 17.3 Å². The van der Waals surface area contributed by atoms with Crippen LogP contribution in [-0.4, -0.2) is 27.5 Å². The molecule has 4 rings (SSSR count). The van der Waals surface area contributed by atoms with Gasteiger partial charge in [-0.15, -0.1) is 18.2 Å². The first-order valence-electron chi connectivity index (χ1n) is 9.46. The number of benzene rings is 2. The number of rotatable bonds is 4. The number of nitrogens with zero attached hydrogens (tertiary/aromatic N) is 2. The minimum Gasteiger partial charge on any atom is -0.481 e. The van der Waals surface area contributed by atoms with Crippen LogP contribution in [0.15, 0.2) is 48.5 Å². The highest BCUT2D eigenvalue weighted by Gasteiger charge is 2.34. The third-order valence-electron chi connectivity index (χ3n) is 4.88. The van der Waals surface area contributed by atoms with E-state index in [1.165, 1.54) is 12.1 Å². The van der Waals surface area contributed by atoms with Gasteiger partial charge in [0.25, 0.3) is 0 Å². The zero-order valence-corrected chi connectivity index (χ0v) is 17.4. The summed E-state index contributed by atoms with van der Waals surface area (Å²) in [7, 11) is 0. The number of ether oxygens (including phenoxy) is 1. The van der Waals surface area contributed by atoms with Gasteiger partial charge in [0, 0.05) is 5.56 Å². The number of thioether (sulfide) groups is 1. The Morgan fingerprint density at radius 2 is 2.07 bits per heavy atom. The Kier molecular flexibility index (Phi) is 5.51. The van der Waals surface area contributed by atoms with Crippen molar-refractivity contribution < 1.29 is 13.9 Å². The van der Waals surface area contributed by atoms with Gasteiger partial charge in [0.1, 0.15) is 24.0 Å². The maximum atomic E-state index is 13.8. The molecule has 2 unspecified atom stereocenters. The molecule has 7 heteroatoms. The Bertz CT molecular complexity index is 1130. The lowest BCUT2D eigenvalue weighted by atomic mass is 10.0. The van der Waals surface area contributed by atoms with Crippen molar-refractivity contribution in [2.24, 2.45) is 0 Å². The molecule has 2 heterocycles. The maximum absolute atomic E-state index is 13.8. The van der Waals surface area contributed by atoms with Crippen molar-refractivity contribution in [2.45, 2.75) is 24.3 Å². The second kappa shape index (κ2) is 8.25. The lowest BCUT2D eigenvalue weighted by Crippen LogP contribution is -2.22. The number of aryl methyl sites for hydroxylation is 1. The summed E-state index contributed by atoms with van der Waals surface area (Å²) in [6.45, 7) is 3.98. The van der Waals surface area contributed by atoms with Gasteiger partial charge in [-0.2, -0.15) is 5.10 Å². The van der Waals surface area contributed by atoms with Crippen molar-refractivity contribution in [3.8, 4) is 23.8 Å². The van der Waals surface area contributed by atoms with Gasteiger partial charge < -0.3 is 10.1 Å². The van der Waals surface area contributed by atoms with Crippen LogP contribution in [0.3, 0.4) is 0 Å². The number of amides is 1. The number of hydrogen-bond donors (Lipinski definition) is 1. The van der Waals surface area contributed by atoms with E-state index in [0.717, 1.165) is 16.8 Å². The summed E-state index contributed by atoms with van der Waals surface area (Å²) >= 11 is 1.55. The molecule has 0 bridgehead atoms. The molecule has 1 amide bonds. The van der Waals surface area contributed by atoms with Gasteiger partial charge in [0.05, 0.1) is 21.9 Å². The Labute approximate surface area is 178 Å². The monoisotopic (exact) mass is 421 g/mol. The number of aromatic nitrogens is 2. The molecule has 152 valence electrons. The molecule has 1 aromatic heterocycles. The molecule has 3 aromatic rings. The molecule has 5 nitrogen and oxygen atoms in total. The molecule has 0 spiro atoms. The number of terminal acetylenes is 1. The molecular formula is C23H20FN3O2S. The first-order valence-corrected chi connectivity index (χ1v) is 10.4. The van der Waals surface area contributed by atoms with Gasteiger partial charge >= 0.3 is 0 Å². The number of nitrogens with one attached hydrogen (secondary N) is 1. The fourth-order valence-electron chi connectivity index (χ4n) is 3.43. The van der Waals surface area contributed by atoms with E-state index in [2.05, 4.69) is 16.3 Å². The second-order valence-electron chi connectivity index (χ2n) is 6.95. The average molecular weight is 421 g/mol. The van der Waals surface area contributed by atoms with Crippen molar-refractivity contribution in [3.05, 3.63) is 71.2 Å². The van der Waals surface area contributed by atoms with E-state index < -0.39 is 0 Å². The molecule has 0 saturated heterocycles. The van der Waals surface area contributed by atoms with Crippen LogP contribution < -0.4 is 10.1 Å². The van der Waals surface area contributed by atoms with E-state index >= 15 is 0 Å². The minimum atomic E-state index is -0.365. The summed E-state index contributed by atoms with van der Waals surface area (Å²) in [5.41, 5.74) is 3.24. The molecule has 1 aliphatic heterocycles. The van der Waals surface area contributed by atoms with E-state index in [1.807, 2.05) is 38.1 Å². The normalized spacial score (nSPS) is 18.1. The van der Waals surface area contributed by atoms with Gasteiger partial charge in [0.15, 0.2) is 0 Å². The van der Waals surface area contributed by atoms with E-state index in [9.17, 15) is 9.18 Å². The summed E-state index contributed by atoms with van der Waals surface area (Å²) in [5, 5.41) is 7.20. The highest BCUT2D eigenvalue weighted by Crippen LogP contribution is 2.46. The van der Waals surface area contributed by atoms with E-state index in [-0.39, 0.29) is 28.8 Å². The summed E-state index contributed by atoms with van der Waals surface area (Å²) in [5.74, 6) is 3.22. The number of fused-ring (bicyclic) bond motifs is 1. The Morgan fingerprint density at radius 1 is 1.30 bits per heavy atom. The first kappa shape index (κ1) is 20.0. The van der Waals surface area contributed by atoms with Crippen LogP contribution in [-0.2, 0) is 4.79 Å². The molecule has 1 aliphatic rings.